The SMILES string of the molecule is CCCCn1cc(-c2ccc(CC#N)c(C)c2)cn1. The summed E-state index contributed by atoms with van der Waals surface area (Å²) < 4.78 is 2.00. The molecule has 0 amide bonds. The van der Waals surface area contributed by atoms with Crippen LogP contribution < -0.4 is 0 Å². The lowest BCUT2D eigenvalue weighted by Crippen LogP contribution is -1.96. The molecule has 3 heteroatoms. The Morgan fingerprint density at radius 3 is 2.84 bits per heavy atom. The number of hydrogen-bond donors (Lipinski definition) is 0. The number of aryl methyl sites for hydroxylation is 2. The van der Waals surface area contributed by atoms with Crippen LogP contribution in [0, 0.1) is 18.3 Å². The van der Waals surface area contributed by atoms with Crippen LogP contribution in [0.4, 0.5) is 0 Å². The molecule has 0 radical (unpaired) electrons. The second kappa shape index (κ2) is 6.19. The van der Waals surface area contributed by atoms with Crippen molar-refractivity contribution in [2.24, 2.45) is 0 Å². The maximum Gasteiger partial charge on any atom is 0.0669 e. The Kier molecular flexibility index (Phi) is 4.35. The molecule has 0 aliphatic heterocycles. The summed E-state index contributed by atoms with van der Waals surface area (Å²) in [7, 11) is 0. The first-order chi connectivity index (χ1) is 9.24. The monoisotopic (exact) mass is 253 g/mol. The van der Waals surface area contributed by atoms with E-state index in [1.165, 1.54) is 17.5 Å². The van der Waals surface area contributed by atoms with Crippen molar-refractivity contribution in [1.82, 2.24) is 9.78 Å². The quantitative estimate of drug-likeness (QED) is 0.814. The minimum Gasteiger partial charge on any atom is -0.272 e. The smallest absolute Gasteiger partial charge is 0.0669 e. The van der Waals surface area contributed by atoms with Crippen molar-refractivity contribution in [2.45, 2.75) is 39.7 Å². The van der Waals surface area contributed by atoms with Gasteiger partial charge in [-0.2, -0.15) is 10.4 Å². The molecular weight excluding hydrogens is 234 g/mol. The molecule has 3 nitrogen and oxygen atoms in total. The third-order valence-electron chi connectivity index (χ3n) is 3.32. The van der Waals surface area contributed by atoms with Crippen LogP contribution in [0.3, 0.4) is 0 Å². The lowest BCUT2D eigenvalue weighted by atomic mass is 10.0. The molecule has 0 N–H and O–H groups in total. The maximum atomic E-state index is 8.75. The summed E-state index contributed by atoms with van der Waals surface area (Å²) in [6.07, 6.45) is 6.81. The average molecular weight is 253 g/mol. The van der Waals surface area contributed by atoms with Gasteiger partial charge in [0.2, 0.25) is 0 Å². The summed E-state index contributed by atoms with van der Waals surface area (Å²) in [6, 6.07) is 8.44. The van der Waals surface area contributed by atoms with E-state index < -0.39 is 0 Å². The van der Waals surface area contributed by atoms with Gasteiger partial charge in [0.1, 0.15) is 0 Å². The van der Waals surface area contributed by atoms with Crippen LogP contribution in [0.15, 0.2) is 30.6 Å². The van der Waals surface area contributed by atoms with Crippen LogP contribution in [-0.2, 0) is 13.0 Å². The fraction of sp³-hybridized carbons (Fsp3) is 0.375. The summed E-state index contributed by atoms with van der Waals surface area (Å²) in [4.78, 5) is 0. The van der Waals surface area contributed by atoms with Crippen LogP contribution in [0.25, 0.3) is 11.1 Å². The van der Waals surface area contributed by atoms with Gasteiger partial charge in [-0.3, -0.25) is 4.68 Å². The van der Waals surface area contributed by atoms with Crippen LogP contribution in [-0.4, -0.2) is 9.78 Å². The van der Waals surface area contributed by atoms with Gasteiger partial charge in [0, 0.05) is 18.3 Å². The highest BCUT2D eigenvalue weighted by molar-refractivity contribution is 5.63. The Labute approximate surface area is 114 Å². The van der Waals surface area contributed by atoms with Crippen molar-refractivity contribution in [3.8, 4) is 17.2 Å². The Balaban J connectivity index is 2.20. The van der Waals surface area contributed by atoms with Crippen molar-refractivity contribution in [2.75, 3.05) is 0 Å². The van der Waals surface area contributed by atoms with Crippen molar-refractivity contribution in [3.63, 3.8) is 0 Å². The van der Waals surface area contributed by atoms with Crippen molar-refractivity contribution >= 4 is 0 Å². The molecule has 1 aromatic carbocycles. The van der Waals surface area contributed by atoms with E-state index in [2.05, 4.69) is 43.3 Å². The highest BCUT2D eigenvalue weighted by atomic mass is 15.3. The summed E-state index contributed by atoms with van der Waals surface area (Å²) in [5, 5.41) is 13.1. The van der Waals surface area contributed by atoms with Gasteiger partial charge in [0.25, 0.3) is 0 Å². The third kappa shape index (κ3) is 3.23. The van der Waals surface area contributed by atoms with Crippen LogP contribution >= 0.6 is 0 Å². The van der Waals surface area contributed by atoms with Gasteiger partial charge in [0.05, 0.1) is 18.7 Å². The Bertz CT molecular complexity index is 590. The largest absolute Gasteiger partial charge is 0.272 e. The first kappa shape index (κ1) is 13.4. The van der Waals surface area contributed by atoms with Gasteiger partial charge < -0.3 is 0 Å². The van der Waals surface area contributed by atoms with Gasteiger partial charge in [-0.15, -0.1) is 0 Å². The molecule has 2 aromatic rings. The standard InChI is InChI=1S/C16H19N3/c1-3-4-9-19-12-16(11-18-19)15-6-5-14(7-8-17)13(2)10-15/h5-6,10-12H,3-4,7,9H2,1-2H3. The van der Waals surface area contributed by atoms with Crippen molar-refractivity contribution < 1.29 is 0 Å². The van der Waals surface area contributed by atoms with Gasteiger partial charge in [-0.25, -0.2) is 0 Å². The Morgan fingerprint density at radius 1 is 1.32 bits per heavy atom. The predicted octanol–water partition coefficient (Wildman–Crippen LogP) is 3.72. The van der Waals surface area contributed by atoms with E-state index in [-0.39, 0.29) is 0 Å². The summed E-state index contributed by atoms with van der Waals surface area (Å²) >= 11 is 0. The van der Waals surface area contributed by atoms with Crippen LogP contribution in [0.1, 0.15) is 30.9 Å². The van der Waals surface area contributed by atoms with E-state index in [0.717, 1.165) is 24.1 Å². The van der Waals surface area contributed by atoms with E-state index in [4.69, 9.17) is 5.26 Å². The predicted molar refractivity (Wildman–Crippen MR) is 76.6 cm³/mol. The second-order valence-corrected chi connectivity index (χ2v) is 4.82. The molecule has 0 atom stereocenters. The van der Waals surface area contributed by atoms with E-state index in [1.54, 1.807) is 0 Å². The zero-order valence-electron chi connectivity index (χ0n) is 11.6. The molecule has 1 aromatic heterocycles. The minimum atomic E-state index is 0.474. The number of hydrogen-bond acceptors (Lipinski definition) is 2. The average Bonchev–Trinajstić information content (AvgIpc) is 2.88. The number of nitrogens with zero attached hydrogens (tertiary/aromatic N) is 3. The molecule has 2 rings (SSSR count). The topological polar surface area (TPSA) is 41.6 Å². The molecular formula is C16H19N3. The second-order valence-electron chi connectivity index (χ2n) is 4.82. The van der Waals surface area contributed by atoms with Gasteiger partial charge >= 0.3 is 0 Å². The lowest BCUT2D eigenvalue weighted by molar-refractivity contribution is 0.572. The minimum absolute atomic E-state index is 0.474. The van der Waals surface area contributed by atoms with E-state index >= 15 is 0 Å². The molecule has 1 heterocycles. The number of benzene rings is 1. The number of unbranched alkanes of at least 4 members (excludes halogenated alkanes) is 1. The van der Waals surface area contributed by atoms with Crippen LogP contribution in [0.2, 0.25) is 0 Å². The number of nitriles is 1. The van der Waals surface area contributed by atoms with Gasteiger partial charge in [0.15, 0.2) is 0 Å². The molecule has 98 valence electrons. The van der Waals surface area contributed by atoms with Gasteiger partial charge in [-0.05, 0) is 30.0 Å². The lowest BCUT2D eigenvalue weighted by Gasteiger charge is -2.04. The molecule has 19 heavy (non-hydrogen) atoms. The van der Waals surface area contributed by atoms with E-state index in [1.807, 2.05) is 16.9 Å². The molecule has 0 unspecified atom stereocenters. The highest BCUT2D eigenvalue weighted by Gasteiger charge is 2.04. The summed E-state index contributed by atoms with van der Waals surface area (Å²) in [5.74, 6) is 0. The van der Waals surface area contributed by atoms with E-state index in [9.17, 15) is 0 Å². The van der Waals surface area contributed by atoms with Gasteiger partial charge in [-0.1, -0.05) is 31.5 Å². The number of rotatable bonds is 5. The molecule has 0 spiro atoms. The molecule has 0 saturated heterocycles. The molecule has 0 fully saturated rings. The Hall–Kier alpha value is -2.08. The normalized spacial score (nSPS) is 10.4. The first-order valence-electron chi connectivity index (χ1n) is 6.74. The summed E-state index contributed by atoms with van der Waals surface area (Å²) in [6.45, 7) is 5.21. The first-order valence-corrected chi connectivity index (χ1v) is 6.74. The molecule has 0 aliphatic rings. The zero-order chi connectivity index (χ0) is 13.7. The fourth-order valence-electron chi connectivity index (χ4n) is 2.11. The van der Waals surface area contributed by atoms with E-state index in [0.29, 0.717) is 6.42 Å². The molecule has 0 saturated carbocycles. The number of aromatic nitrogens is 2. The van der Waals surface area contributed by atoms with Crippen molar-refractivity contribution in [3.05, 3.63) is 41.7 Å². The van der Waals surface area contributed by atoms with Crippen LogP contribution in [0.5, 0.6) is 0 Å². The summed E-state index contributed by atoms with van der Waals surface area (Å²) in [5.41, 5.74) is 4.58. The fourth-order valence-corrected chi connectivity index (χ4v) is 2.11. The van der Waals surface area contributed by atoms with Crippen molar-refractivity contribution in [1.29, 1.82) is 5.26 Å². The molecule has 0 aliphatic carbocycles. The Morgan fingerprint density at radius 2 is 2.16 bits per heavy atom. The maximum absolute atomic E-state index is 8.75. The third-order valence-corrected chi connectivity index (χ3v) is 3.32. The molecule has 0 bridgehead atoms. The zero-order valence-corrected chi connectivity index (χ0v) is 11.6. The highest BCUT2D eigenvalue weighted by Crippen LogP contribution is 2.22.